The van der Waals surface area contributed by atoms with Crippen LogP contribution in [-0.4, -0.2) is 31.1 Å². The lowest BCUT2D eigenvalue weighted by Crippen LogP contribution is -2.40. The second kappa shape index (κ2) is 4.42. The molecule has 0 radical (unpaired) electrons. The van der Waals surface area contributed by atoms with Crippen molar-refractivity contribution in [3.05, 3.63) is 0 Å². The van der Waals surface area contributed by atoms with Crippen molar-refractivity contribution in [2.24, 2.45) is 0 Å². The van der Waals surface area contributed by atoms with Crippen molar-refractivity contribution in [2.75, 3.05) is 13.1 Å². The molecule has 0 N–H and O–H groups in total. The first-order chi connectivity index (χ1) is 6.09. The van der Waals surface area contributed by atoms with Crippen molar-refractivity contribution < 1.29 is 8.42 Å². The number of hydrogen-bond donors (Lipinski definition) is 0. The van der Waals surface area contributed by atoms with E-state index < -0.39 is 10.0 Å². The molecule has 0 amide bonds. The van der Waals surface area contributed by atoms with E-state index in [9.17, 15) is 8.42 Å². The van der Waals surface area contributed by atoms with E-state index in [2.05, 4.69) is 0 Å². The molecule has 1 fully saturated rings. The third-order valence-corrected chi connectivity index (χ3v) is 5.19. The highest BCUT2D eigenvalue weighted by molar-refractivity contribution is 7.89. The van der Waals surface area contributed by atoms with Crippen molar-refractivity contribution >= 4 is 10.0 Å². The largest absolute Gasteiger partial charge is 0.216 e. The molecule has 0 aromatic heterocycles. The molecule has 0 bridgehead atoms. The minimum atomic E-state index is -2.98. The van der Waals surface area contributed by atoms with Gasteiger partial charge in [0.15, 0.2) is 0 Å². The molecule has 13 heavy (non-hydrogen) atoms. The fraction of sp³-hybridized carbons (Fsp3) is 1.00. The van der Waals surface area contributed by atoms with Crippen LogP contribution in [0.1, 0.15) is 39.5 Å². The zero-order valence-corrected chi connectivity index (χ0v) is 9.31. The van der Waals surface area contributed by atoms with Gasteiger partial charge in [-0.15, -0.1) is 0 Å². The quantitative estimate of drug-likeness (QED) is 0.702. The lowest BCUT2D eigenvalue weighted by atomic mass is 10.2. The highest BCUT2D eigenvalue weighted by atomic mass is 32.2. The third-order valence-electron chi connectivity index (χ3n) is 2.76. The summed E-state index contributed by atoms with van der Waals surface area (Å²) in [5, 5.41) is -0.217. The van der Waals surface area contributed by atoms with E-state index in [4.69, 9.17) is 0 Å². The van der Waals surface area contributed by atoms with E-state index in [1.165, 1.54) is 6.42 Å². The van der Waals surface area contributed by atoms with Crippen LogP contribution >= 0.6 is 0 Å². The van der Waals surface area contributed by atoms with Crippen LogP contribution in [0.5, 0.6) is 0 Å². The lowest BCUT2D eigenvalue weighted by molar-refractivity contribution is 0.342. The number of piperidine rings is 1. The predicted octanol–water partition coefficient (Wildman–Crippen LogP) is 1.60. The smallest absolute Gasteiger partial charge is 0.212 e. The Labute approximate surface area is 81.2 Å². The average molecular weight is 205 g/mol. The Bertz CT molecular complexity index is 242. The standard InChI is InChI=1S/C9H19NO2S/c1-3-9(2)13(11,12)10-7-5-4-6-8-10/h9H,3-8H2,1-2H3. The van der Waals surface area contributed by atoms with Gasteiger partial charge in [-0.2, -0.15) is 0 Å². The number of nitrogens with zero attached hydrogens (tertiary/aromatic N) is 1. The van der Waals surface area contributed by atoms with Gasteiger partial charge in [0, 0.05) is 13.1 Å². The summed E-state index contributed by atoms with van der Waals surface area (Å²) in [6.45, 7) is 5.18. The van der Waals surface area contributed by atoms with Gasteiger partial charge in [0.2, 0.25) is 10.0 Å². The maximum Gasteiger partial charge on any atom is 0.216 e. The Morgan fingerprint density at radius 3 is 2.23 bits per heavy atom. The Balaban J connectivity index is 2.67. The molecule has 0 aromatic carbocycles. The normalized spacial score (nSPS) is 22.9. The van der Waals surface area contributed by atoms with E-state index in [0.717, 1.165) is 25.9 Å². The second-order valence-electron chi connectivity index (χ2n) is 3.72. The summed E-state index contributed by atoms with van der Waals surface area (Å²) in [6.07, 6.45) is 3.93. The number of rotatable bonds is 3. The highest BCUT2D eigenvalue weighted by Crippen LogP contribution is 2.17. The lowest BCUT2D eigenvalue weighted by Gasteiger charge is -2.28. The zero-order chi connectivity index (χ0) is 9.90. The van der Waals surface area contributed by atoms with Crippen LogP contribution in [0.15, 0.2) is 0 Å². The molecule has 1 aliphatic heterocycles. The Morgan fingerprint density at radius 2 is 1.77 bits per heavy atom. The molecule has 1 atom stereocenters. The molecular formula is C9H19NO2S. The topological polar surface area (TPSA) is 37.4 Å². The molecule has 1 saturated heterocycles. The maximum absolute atomic E-state index is 11.8. The summed E-state index contributed by atoms with van der Waals surface area (Å²) in [4.78, 5) is 0. The summed E-state index contributed by atoms with van der Waals surface area (Å²) >= 11 is 0. The van der Waals surface area contributed by atoms with E-state index in [1.807, 2.05) is 6.92 Å². The summed E-state index contributed by atoms with van der Waals surface area (Å²) < 4.78 is 25.3. The molecule has 1 rings (SSSR count). The van der Waals surface area contributed by atoms with E-state index >= 15 is 0 Å². The Hall–Kier alpha value is -0.0900. The molecular weight excluding hydrogens is 186 g/mol. The van der Waals surface area contributed by atoms with Crippen molar-refractivity contribution in [3.63, 3.8) is 0 Å². The van der Waals surface area contributed by atoms with Gasteiger partial charge in [-0.05, 0) is 26.2 Å². The first kappa shape index (κ1) is 11.0. The van der Waals surface area contributed by atoms with Crippen LogP contribution < -0.4 is 0 Å². The van der Waals surface area contributed by atoms with Crippen LogP contribution in [0.2, 0.25) is 0 Å². The molecule has 78 valence electrons. The Morgan fingerprint density at radius 1 is 1.23 bits per heavy atom. The summed E-state index contributed by atoms with van der Waals surface area (Å²) in [7, 11) is -2.98. The molecule has 1 heterocycles. The number of sulfonamides is 1. The molecule has 4 heteroatoms. The van der Waals surface area contributed by atoms with Crippen LogP contribution in [-0.2, 0) is 10.0 Å². The van der Waals surface area contributed by atoms with Gasteiger partial charge < -0.3 is 0 Å². The summed E-state index contributed by atoms with van der Waals surface area (Å²) in [5.74, 6) is 0. The molecule has 0 aliphatic carbocycles. The summed E-state index contributed by atoms with van der Waals surface area (Å²) in [6, 6.07) is 0. The SMILES string of the molecule is CCC(C)S(=O)(=O)N1CCCCC1. The summed E-state index contributed by atoms with van der Waals surface area (Å²) in [5.41, 5.74) is 0. The monoisotopic (exact) mass is 205 g/mol. The maximum atomic E-state index is 11.8. The minimum Gasteiger partial charge on any atom is -0.212 e. The van der Waals surface area contributed by atoms with E-state index in [-0.39, 0.29) is 5.25 Å². The molecule has 0 spiro atoms. The minimum absolute atomic E-state index is 0.217. The number of hydrogen-bond acceptors (Lipinski definition) is 2. The van der Waals surface area contributed by atoms with Gasteiger partial charge in [0.05, 0.1) is 5.25 Å². The second-order valence-corrected chi connectivity index (χ2v) is 6.07. The molecule has 0 saturated carbocycles. The Kier molecular flexibility index (Phi) is 3.74. The molecule has 1 unspecified atom stereocenters. The average Bonchev–Trinajstić information content (AvgIpc) is 2.18. The van der Waals surface area contributed by atoms with Gasteiger partial charge in [-0.1, -0.05) is 13.3 Å². The van der Waals surface area contributed by atoms with Gasteiger partial charge in [-0.3, -0.25) is 0 Å². The van der Waals surface area contributed by atoms with Gasteiger partial charge >= 0.3 is 0 Å². The van der Waals surface area contributed by atoms with Crippen molar-refractivity contribution in [3.8, 4) is 0 Å². The predicted molar refractivity (Wildman–Crippen MR) is 54.1 cm³/mol. The van der Waals surface area contributed by atoms with E-state index in [0.29, 0.717) is 6.42 Å². The van der Waals surface area contributed by atoms with E-state index in [1.54, 1.807) is 11.2 Å². The fourth-order valence-corrected chi connectivity index (χ4v) is 3.28. The first-order valence-corrected chi connectivity index (χ1v) is 6.58. The molecule has 3 nitrogen and oxygen atoms in total. The molecule has 1 aliphatic rings. The first-order valence-electron chi connectivity index (χ1n) is 5.08. The van der Waals surface area contributed by atoms with Crippen molar-refractivity contribution in [2.45, 2.75) is 44.8 Å². The van der Waals surface area contributed by atoms with Crippen LogP contribution in [0.3, 0.4) is 0 Å². The third kappa shape index (κ3) is 2.44. The van der Waals surface area contributed by atoms with Crippen LogP contribution in [0, 0.1) is 0 Å². The van der Waals surface area contributed by atoms with Crippen LogP contribution in [0.25, 0.3) is 0 Å². The fourth-order valence-electron chi connectivity index (χ4n) is 1.58. The highest BCUT2D eigenvalue weighted by Gasteiger charge is 2.28. The van der Waals surface area contributed by atoms with Gasteiger partial charge in [0.1, 0.15) is 0 Å². The van der Waals surface area contributed by atoms with Crippen molar-refractivity contribution in [1.29, 1.82) is 0 Å². The molecule has 0 aromatic rings. The van der Waals surface area contributed by atoms with Gasteiger partial charge in [0.25, 0.3) is 0 Å². The van der Waals surface area contributed by atoms with Gasteiger partial charge in [-0.25, -0.2) is 12.7 Å². The zero-order valence-electron chi connectivity index (χ0n) is 8.49. The van der Waals surface area contributed by atoms with Crippen molar-refractivity contribution in [1.82, 2.24) is 4.31 Å². The van der Waals surface area contributed by atoms with Crippen LogP contribution in [0.4, 0.5) is 0 Å².